The normalized spacial score (nSPS) is 10.8. The van der Waals surface area contributed by atoms with E-state index in [2.05, 4.69) is 4.98 Å². The molecule has 14 heavy (non-hydrogen) atoms. The first-order chi connectivity index (χ1) is 6.59. The zero-order chi connectivity index (χ0) is 10.3. The van der Waals surface area contributed by atoms with Crippen molar-refractivity contribution in [3.8, 4) is 0 Å². The Morgan fingerprint density at radius 3 is 2.57 bits per heavy atom. The van der Waals surface area contributed by atoms with E-state index in [0.29, 0.717) is 0 Å². The predicted octanol–water partition coefficient (Wildman–Crippen LogP) is 1.55. The standard InChI is InChI=1S/C11H12N2O/c1-7-4-9-10(5-8(7)2)13(3)11(14)6-12-9/h4-6H,1-3H3. The molecule has 72 valence electrons. The van der Waals surface area contributed by atoms with Crippen LogP contribution in [0.4, 0.5) is 0 Å². The van der Waals surface area contributed by atoms with Crippen LogP contribution in [0.15, 0.2) is 23.1 Å². The van der Waals surface area contributed by atoms with Crippen molar-refractivity contribution in [2.24, 2.45) is 7.05 Å². The van der Waals surface area contributed by atoms with Gasteiger partial charge in [-0.3, -0.25) is 4.79 Å². The molecule has 2 aromatic rings. The number of hydrogen-bond donors (Lipinski definition) is 0. The Bertz CT molecular complexity index is 555. The lowest BCUT2D eigenvalue weighted by Crippen LogP contribution is -2.16. The van der Waals surface area contributed by atoms with Crippen molar-refractivity contribution in [3.63, 3.8) is 0 Å². The van der Waals surface area contributed by atoms with Crippen LogP contribution in [0.3, 0.4) is 0 Å². The Morgan fingerprint density at radius 2 is 1.86 bits per heavy atom. The Kier molecular flexibility index (Phi) is 1.88. The van der Waals surface area contributed by atoms with E-state index in [1.165, 1.54) is 17.3 Å². The smallest absolute Gasteiger partial charge is 0.269 e. The van der Waals surface area contributed by atoms with E-state index in [9.17, 15) is 4.79 Å². The van der Waals surface area contributed by atoms with Crippen molar-refractivity contribution >= 4 is 11.0 Å². The predicted molar refractivity (Wildman–Crippen MR) is 56.5 cm³/mol. The second-order valence-electron chi connectivity index (χ2n) is 3.58. The van der Waals surface area contributed by atoms with Gasteiger partial charge in [-0.1, -0.05) is 0 Å². The molecule has 0 aliphatic carbocycles. The van der Waals surface area contributed by atoms with Crippen molar-refractivity contribution in [2.75, 3.05) is 0 Å². The number of nitrogens with zero attached hydrogens (tertiary/aromatic N) is 2. The maximum absolute atomic E-state index is 11.3. The third kappa shape index (κ3) is 1.21. The van der Waals surface area contributed by atoms with Gasteiger partial charge in [0.05, 0.1) is 17.2 Å². The topological polar surface area (TPSA) is 34.9 Å². The van der Waals surface area contributed by atoms with Gasteiger partial charge >= 0.3 is 0 Å². The minimum Gasteiger partial charge on any atom is -0.309 e. The fourth-order valence-corrected chi connectivity index (χ4v) is 1.49. The molecule has 0 saturated heterocycles. The molecule has 0 bridgehead atoms. The molecule has 0 amide bonds. The van der Waals surface area contributed by atoms with E-state index >= 15 is 0 Å². The number of rotatable bonds is 0. The SMILES string of the molecule is Cc1cc2ncc(=O)n(C)c2cc1C. The number of hydrogen-bond acceptors (Lipinski definition) is 2. The molecule has 0 unspecified atom stereocenters. The van der Waals surface area contributed by atoms with Gasteiger partial charge in [0, 0.05) is 7.05 Å². The van der Waals surface area contributed by atoms with Crippen LogP contribution in [0.25, 0.3) is 11.0 Å². The van der Waals surface area contributed by atoms with Crippen molar-refractivity contribution in [1.82, 2.24) is 9.55 Å². The Hall–Kier alpha value is -1.64. The van der Waals surface area contributed by atoms with Crippen molar-refractivity contribution in [1.29, 1.82) is 0 Å². The molecule has 0 aliphatic rings. The van der Waals surface area contributed by atoms with Crippen LogP contribution in [0, 0.1) is 13.8 Å². The molecule has 1 heterocycles. The Morgan fingerprint density at radius 1 is 1.21 bits per heavy atom. The van der Waals surface area contributed by atoms with Crippen LogP contribution in [0.1, 0.15) is 11.1 Å². The van der Waals surface area contributed by atoms with Gasteiger partial charge in [0.2, 0.25) is 0 Å². The average molecular weight is 188 g/mol. The maximum Gasteiger partial charge on any atom is 0.269 e. The van der Waals surface area contributed by atoms with E-state index < -0.39 is 0 Å². The first-order valence-electron chi connectivity index (χ1n) is 4.52. The molecular weight excluding hydrogens is 176 g/mol. The largest absolute Gasteiger partial charge is 0.309 e. The zero-order valence-electron chi connectivity index (χ0n) is 8.53. The van der Waals surface area contributed by atoms with Crippen LogP contribution in [-0.2, 0) is 7.05 Å². The summed E-state index contributed by atoms with van der Waals surface area (Å²) in [5.41, 5.74) is 4.07. The van der Waals surface area contributed by atoms with Crippen LogP contribution in [0.5, 0.6) is 0 Å². The summed E-state index contributed by atoms with van der Waals surface area (Å²) in [5, 5.41) is 0. The highest BCUT2D eigenvalue weighted by Gasteiger charge is 2.02. The first kappa shape index (κ1) is 8.94. The monoisotopic (exact) mass is 188 g/mol. The van der Waals surface area contributed by atoms with E-state index in [-0.39, 0.29) is 5.56 Å². The number of benzene rings is 1. The molecule has 0 spiro atoms. The molecule has 0 radical (unpaired) electrons. The van der Waals surface area contributed by atoms with Gasteiger partial charge in [-0.2, -0.15) is 0 Å². The van der Waals surface area contributed by atoms with Gasteiger partial charge < -0.3 is 4.57 Å². The minimum atomic E-state index is -0.0687. The number of aryl methyl sites for hydroxylation is 3. The molecule has 3 heteroatoms. The van der Waals surface area contributed by atoms with E-state index in [1.807, 2.05) is 26.0 Å². The summed E-state index contributed by atoms with van der Waals surface area (Å²) in [6, 6.07) is 4.00. The van der Waals surface area contributed by atoms with Gasteiger partial charge in [0.25, 0.3) is 5.56 Å². The summed E-state index contributed by atoms with van der Waals surface area (Å²) in [5.74, 6) is 0. The summed E-state index contributed by atoms with van der Waals surface area (Å²) in [6.45, 7) is 4.08. The lowest BCUT2D eigenvalue weighted by Gasteiger charge is -2.06. The summed E-state index contributed by atoms with van der Waals surface area (Å²) in [4.78, 5) is 15.4. The summed E-state index contributed by atoms with van der Waals surface area (Å²) in [7, 11) is 1.76. The lowest BCUT2D eigenvalue weighted by atomic mass is 10.1. The summed E-state index contributed by atoms with van der Waals surface area (Å²) < 4.78 is 1.62. The lowest BCUT2D eigenvalue weighted by molar-refractivity contribution is 0.890. The Labute approximate surface area is 82.0 Å². The number of fused-ring (bicyclic) bond motifs is 1. The molecule has 2 rings (SSSR count). The van der Waals surface area contributed by atoms with Gasteiger partial charge in [-0.05, 0) is 37.1 Å². The van der Waals surface area contributed by atoms with E-state index in [1.54, 1.807) is 11.6 Å². The van der Waals surface area contributed by atoms with Gasteiger partial charge in [0.1, 0.15) is 0 Å². The molecule has 0 fully saturated rings. The van der Waals surface area contributed by atoms with Gasteiger partial charge in [-0.25, -0.2) is 4.98 Å². The molecule has 1 aromatic heterocycles. The van der Waals surface area contributed by atoms with Crippen LogP contribution in [-0.4, -0.2) is 9.55 Å². The average Bonchev–Trinajstić information content (AvgIpc) is 2.15. The van der Waals surface area contributed by atoms with Crippen molar-refractivity contribution < 1.29 is 0 Å². The molecular formula is C11H12N2O. The summed E-state index contributed by atoms with van der Waals surface area (Å²) in [6.07, 6.45) is 1.36. The fraction of sp³-hybridized carbons (Fsp3) is 0.273. The highest BCUT2D eigenvalue weighted by molar-refractivity contribution is 5.76. The molecule has 0 aliphatic heterocycles. The number of aromatic nitrogens is 2. The van der Waals surface area contributed by atoms with Crippen LogP contribution >= 0.6 is 0 Å². The second kappa shape index (κ2) is 2.94. The maximum atomic E-state index is 11.3. The Balaban J connectivity index is 2.97. The van der Waals surface area contributed by atoms with Gasteiger partial charge in [-0.15, -0.1) is 0 Å². The van der Waals surface area contributed by atoms with Gasteiger partial charge in [0.15, 0.2) is 0 Å². The molecule has 0 atom stereocenters. The third-order valence-corrected chi connectivity index (χ3v) is 2.60. The zero-order valence-corrected chi connectivity index (χ0v) is 8.53. The molecule has 3 nitrogen and oxygen atoms in total. The van der Waals surface area contributed by atoms with Crippen LogP contribution in [0.2, 0.25) is 0 Å². The van der Waals surface area contributed by atoms with Crippen molar-refractivity contribution in [2.45, 2.75) is 13.8 Å². The third-order valence-electron chi connectivity index (χ3n) is 2.60. The molecule has 0 saturated carbocycles. The van der Waals surface area contributed by atoms with Crippen LogP contribution < -0.4 is 5.56 Å². The fourth-order valence-electron chi connectivity index (χ4n) is 1.49. The highest BCUT2D eigenvalue weighted by atomic mass is 16.1. The molecule has 1 aromatic carbocycles. The van der Waals surface area contributed by atoms with E-state index in [0.717, 1.165) is 11.0 Å². The highest BCUT2D eigenvalue weighted by Crippen LogP contribution is 2.15. The van der Waals surface area contributed by atoms with Crippen molar-refractivity contribution in [3.05, 3.63) is 39.8 Å². The first-order valence-corrected chi connectivity index (χ1v) is 4.52. The minimum absolute atomic E-state index is 0.0687. The quantitative estimate of drug-likeness (QED) is 0.628. The molecule has 0 N–H and O–H groups in total. The van der Waals surface area contributed by atoms with E-state index in [4.69, 9.17) is 0 Å². The second-order valence-corrected chi connectivity index (χ2v) is 3.58. The summed E-state index contributed by atoms with van der Waals surface area (Å²) >= 11 is 0.